The van der Waals surface area contributed by atoms with E-state index in [1.54, 1.807) is 30.9 Å². The molecule has 3 atom stereocenters. The molecule has 63 heavy (non-hydrogen) atoms. The molecular weight excluding hydrogens is 813 g/mol. The number of carbonyl (C=O) groups is 8. The topological polar surface area (TPSA) is 238 Å². The van der Waals surface area contributed by atoms with Crippen LogP contribution in [0.2, 0.25) is 0 Å². The van der Waals surface area contributed by atoms with Gasteiger partial charge in [0.25, 0.3) is 17.8 Å². The SMILES string of the molecule is CC.CC.CC(=O)O.CC(C)C(NC(=O)[C@@H](NC(=O)c1cnccn1)C(C)C)C(=O)N1CC[C@@H](OC(=O)N2CCc3ccccc3C2)C1.CCCCC(=O)C(=O)N(C)C.CNC=O. The van der Waals surface area contributed by atoms with Crippen LogP contribution in [0.1, 0.15) is 117 Å². The molecule has 1 saturated heterocycles. The fourth-order valence-electron chi connectivity index (χ4n) is 5.71. The number of aliphatic carboxylic acids is 1. The highest BCUT2D eigenvalue weighted by molar-refractivity contribution is 6.35. The Hall–Kier alpha value is -5.94. The molecule has 1 fully saturated rings. The maximum Gasteiger partial charge on any atom is 0.410 e. The summed E-state index contributed by atoms with van der Waals surface area (Å²) in [6.07, 6.45) is 7.48. The Balaban J connectivity index is 0. The van der Waals surface area contributed by atoms with E-state index in [0.717, 1.165) is 31.7 Å². The summed E-state index contributed by atoms with van der Waals surface area (Å²) in [6, 6.07) is 6.41. The molecular formula is C45H74N8O10. The zero-order chi connectivity index (χ0) is 48.7. The van der Waals surface area contributed by atoms with Gasteiger partial charge < -0.3 is 40.5 Å². The van der Waals surface area contributed by atoms with Crippen LogP contribution >= 0.6 is 0 Å². The van der Waals surface area contributed by atoms with Crippen LogP contribution in [0.5, 0.6) is 0 Å². The van der Waals surface area contributed by atoms with Crippen molar-refractivity contribution in [2.45, 2.75) is 126 Å². The van der Waals surface area contributed by atoms with Crippen LogP contribution in [0.4, 0.5) is 4.79 Å². The quantitative estimate of drug-likeness (QED) is 0.161. The first-order chi connectivity index (χ1) is 29.9. The van der Waals surface area contributed by atoms with Crippen LogP contribution in [0.15, 0.2) is 42.9 Å². The molecule has 354 valence electrons. The highest BCUT2D eigenvalue weighted by Crippen LogP contribution is 2.22. The van der Waals surface area contributed by atoms with Gasteiger partial charge in [-0.2, -0.15) is 0 Å². The molecule has 0 spiro atoms. The summed E-state index contributed by atoms with van der Waals surface area (Å²) in [5.41, 5.74) is 2.47. The van der Waals surface area contributed by atoms with Crippen LogP contribution in [-0.2, 0) is 46.5 Å². The van der Waals surface area contributed by atoms with Crippen molar-refractivity contribution in [3.63, 3.8) is 0 Å². The van der Waals surface area contributed by atoms with Crippen molar-refractivity contribution < 1.29 is 48.2 Å². The number of ketones is 1. The molecule has 18 heteroatoms. The fraction of sp³-hybridized carbons (Fsp3) is 0.600. The number of Topliss-reactive ketones (excluding diaryl/α,β-unsaturated/α-hetero) is 1. The molecule has 0 aliphatic carbocycles. The number of likely N-dealkylation sites (N-methyl/N-ethyl adjacent to an activating group) is 1. The predicted octanol–water partition coefficient (Wildman–Crippen LogP) is 4.51. The van der Waals surface area contributed by atoms with Gasteiger partial charge in [0.2, 0.25) is 24.0 Å². The number of unbranched alkanes of at least 4 members (excludes halogenated alkanes) is 1. The van der Waals surface area contributed by atoms with Crippen molar-refractivity contribution in [2.24, 2.45) is 11.8 Å². The van der Waals surface area contributed by atoms with Gasteiger partial charge in [0, 0.05) is 72.9 Å². The first kappa shape index (κ1) is 59.2. The Kier molecular flexibility index (Phi) is 31.6. The van der Waals surface area contributed by atoms with E-state index >= 15 is 0 Å². The van der Waals surface area contributed by atoms with Crippen molar-refractivity contribution >= 4 is 47.9 Å². The Bertz CT molecular complexity index is 1690. The Morgan fingerprint density at radius 3 is 1.97 bits per heavy atom. The van der Waals surface area contributed by atoms with Gasteiger partial charge in [-0.25, -0.2) is 9.78 Å². The number of nitrogens with zero attached hydrogens (tertiary/aromatic N) is 5. The summed E-state index contributed by atoms with van der Waals surface area (Å²) >= 11 is 0. The molecule has 1 unspecified atom stereocenters. The van der Waals surface area contributed by atoms with Gasteiger partial charge in [0.15, 0.2) is 0 Å². The first-order valence-corrected chi connectivity index (χ1v) is 21.6. The number of rotatable bonds is 13. The fourth-order valence-corrected chi connectivity index (χ4v) is 5.71. The van der Waals surface area contributed by atoms with E-state index in [1.165, 1.54) is 29.1 Å². The number of hydrogen-bond donors (Lipinski definition) is 4. The van der Waals surface area contributed by atoms with Gasteiger partial charge >= 0.3 is 6.09 Å². The number of aromatic nitrogens is 2. The lowest BCUT2D eigenvalue weighted by Gasteiger charge is -2.30. The molecule has 18 nitrogen and oxygen atoms in total. The maximum absolute atomic E-state index is 13.5. The third-order valence-electron chi connectivity index (χ3n) is 8.90. The minimum Gasteiger partial charge on any atom is -0.481 e. The summed E-state index contributed by atoms with van der Waals surface area (Å²) in [5.74, 6) is -3.15. The standard InChI is InChI=1S/C29H38N6O5.C8H15NO2.C2H5NO.C2H4O2.2C2H6/c1-18(2)24(32-26(36)23-15-30-11-12-31-23)27(37)33-25(19(3)4)28(38)34-14-10-22(17-34)40-29(39)35-13-9-20-7-5-6-8-21(20)16-35;1-4-5-6-7(10)8(11)9(2)3;1-3-2-4;1-2(3)4;2*1-2/h5-8,11-12,15,18-19,22,24-25H,9-10,13-14,16-17H2,1-4H3,(H,32,36)(H,33,37);4-6H2,1-3H3;2H,1H3,(H,3,4);1H3,(H,3,4);2*1-2H3/t22-,24+,25?;;;;;/m1...../s1. The largest absolute Gasteiger partial charge is 0.481 e. The lowest BCUT2D eigenvalue weighted by atomic mass is 9.99. The first-order valence-electron chi connectivity index (χ1n) is 21.6. The van der Waals surface area contributed by atoms with E-state index in [-0.39, 0.29) is 41.9 Å². The number of carbonyl (C=O) groups excluding carboxylic acids is 7. The summed E-state index contributed by atoms with van der Waals surface area (Å²) in [5, 5.41) is 15.2. The number of amides is 6. The normalized spacial score (nSPS) is 14.1. The molecule has 1 aromatic heterocycles. The zero-order valence-corrected chi connectivity index (χ0v) is 39.7. The average Bonchev–Trinajstić information content (AvgIpc) is 3.75. The number of hydrogen-bond acceptors (Lipinski definition) is 11. The van der Waals surface area contributed by atoms with E-state index in [1.807, 2.05) is 80.5 Å². The molecule has 2 aromatic rings. The van der Waals surface area contributed by atoms with Crippen molar-refractivity contribution in [3.8, 4) is 0 Å². The van der Waals surface area contributed by atoms with Gasteiger partial charge in [-0.15, -0.1) is 0 Å². The molecule has 0 radical (unpaired) electrons. The van der Waals surface area contributed by atoms with E-state index in [9.17, 15) is 28.8 Å². The van der Waals surface area contributed by atoms with E-state index in [2.05, 4.69) is 32.0 Å². The van der Waals surface area contributed by atoms with Crippen LogP contribution in [-0.4, -0.2) is 137 Å². The van der Waals surface area contributed by atoms with Gasteiger partial charge in [0.05, 0.1) is 12.7 Å². The summed E-state index contributed by atoms with van der Waals surface area (Å²) in [6.45, 7) is 20.2. The molecule has 4 rings (SSSR count). The third kappa shape index (κ3) is 23.2. The van der Waals surface area contributed by atoms with Gasteiger partial charge in [-0.05, 0) is 35.8 Å². The van der Waals surface area contributed by atoms with Crippen LogP contribution in [0.25, 0.3) is 0 Å². The number of carboxylic acid groups (broad SMARTS) is 1. The molecule has 4 N–H and O–H groups in total. The number of carboxylic acids is 1. The van der Waals surface area contributed by atoms with E-state index < -0.39 is 41.9 Å². The zero-order valence-electron chi connectivity index (χ0n) is 39.7. The number of ether oxygens (including phenoxy) is 1. The molecule has 6 amide bonds. The minimum absolute atomic E-state index is 0.101. The number of benzene rings is 1. The van der Waals surface area contributed by atoms with Crippen molar-refractivity contribution in [1.82, 2.24) is 40.6 Å². The smallest absolute Gasteiger partial charge is 0.410 e. The summed E-state index contributed by atoms with van der Waals surface area (Å²) in [7, 11) is 4.74. The van der Waals surface area contributed by atoms with Crippen LogP contribution in [0, 0.1) is 11.8 Å². The minimum atomic E-state index is -0.870. The second kappa shape index (κ2) is 33.7. The second-order valence-electron chi connectivity index (χ2n) is 14.7. The Morgan fingerprint density at radius 2 is 1.48 bits per heavy atom. The van der Waals surface area contributed by atoms with Crippen molar-refractivity contribution in [2.75, 3.05) is 40.8 Å². The van der Waals surface area contributed by atoms with Crippen LogP contribution < -0.4 is 16.0 Å². The molecule has 0 saturated carbocycles. The summed E-state index contributed by atoms with van der Waals surface area (Å²) < 4.78 is 5.77. The van der Waals surface area contributed by atoms with Gasteiger partial charge in [-0.1, -0.05) is 93.0 Å². The number of likely N-dealkylation sites (tertiary alicyclic amines) is 1. The average molecular weight is 887 g/mol. The van der Waals surface area contributed by atoms with E-state index in [0.29, 0.717) is 38.9 Å². The molecule has 1 aromatic carbocycles. The van der Waals surface area contributed by atoms with Crippen molar-refractivity contribution in [1.29, 1.82) is 0 Å². The maximum atomic E-state index is 13.5. The monoisotopic (exact) mass is 887 g/mol. The Morgan fingerprint density at radius 1 is 0.905 bits per heavy atom. The molecule has 2 aliphatic rings. The number of nitrogens with one attached hydrogen (secondary N) is 3. The van der Waals surface area contributed by atoms with Crippen molar-refractivity contribution in [3.05, 3.63) is 59.7 Å². The third-order valence-corrected chi connectivity index (χ3v) is 8.90. The van der Waals surface area contributed by atoms with Gasteiger partial charge in [0.1, 0.15) is 23.9 Å². The second-order valence-corrected chi connectivity index (χ2v) is 14.7. The predicted molar refractivity (Wildman–Crippen MR) is 241 cm³/mol. The number of fused-ring (bicyclic) bond motifs is 1. The highest BCUT2D eigenvalue weighted by atomic mass is 16.6. The molecule has 0 bridgehead atoms. The van der Waals surface area contributed by atoms with Gasteiger partial charge in [-0.3, -0.25) is 38.5 Å². The Labute approximate surface area is 374 Å². The lowest BCUT2D eigenvalue weighted by molar-refractivity contribution is -0.143. The van der Waals surface area contributed by atoms with E-state index in [4.69, 9.17) is 19.4 Å². The lowest BCUT2D eigenvalue weighted by Crippen LogP contribution is -2.57. The summed E-state index contributed by atoms with van der Waals surface area (Å²) in [4.78, 5) is 105. The van der Waals surface area contributed by atoms with Crippen LogP contribution in [0.3, 0.4) is 0 Å². The molecule has 3 heterocycles. The molecule has 2 aliphatic heterocycles. The highest BCUT2D eigenvalue weighted by Gasteiger charge is 2.37.